The summed E-state index contributed by atoms with van der Waals surface area (Å²) in [5.41, 5.74) is 3.54. The number of amides is 4. The lowest BCUT2D eigenvalue weighted by Gasteiger charge is -2.20. The fourth-order valence-corrected chi connectivity index (χ4v) is 6.50. The Bertz CT molecular complexity index is 2320. The van der Waals surface area contributed by atoms with Crippen molar-refractivity contribution in [2.45, 2.75) is 52.6 Å². The molecular weight excluding hydrogens is 807 g/mol. The molecule has 306 valence electrons. The lowest BCUT2D eigenvalue weighted by Crippen LogP contribution is -2.33. The molecule has 0 saturated carbocycles. The van der Waals surface area contributed by atoms with Crippen LogP contribution in [0.5, 0.6) is 0 Å². The van der Waals surface area contributed by atoms with Crippen LogP contribution in [0.25, 0.3) is 0 Å². The number of para-hydroxylation sites is 2. The highest BCUT2D eigenvalue weighted by Gasteiger charge is 2.27. The van der Waals surface area contributed by atoms with Gasteiger partial charge in [0.05, 0.1) is 21.2 Å². The van der Waals surface area contributed by atoms with Crippen molar-refractivity contribution in [1.29, 1.82) is 0 Å². The Balaban J connectivity index is 1.31. The maximum absolute atomic E-state index is 13.5. The average molecular weight is 848 g/mol. The van der Waals surface area contributed by atoms with Crippen molar-refractivity contribution in [3.05, 3.63) is 141 Å². The number of anilines is 4. The van der Waals surface area contributed by atoms with Gasteiger partial charge in [-0.2, -0.15) is 20.5 Å². The number of halogens is 2. The molecular formula is C44H40Cl2N8O6. The third-order valence-corrected chi connectivity index (χ3v) is 9.79. The molecule has 4 N–H and O–H groups in total. The molecule has 16 heteroatoms. The van der Waals surface area contributed by atoms with E-state index in [0.29, 0.717) is 46.7 Å². The number of azo groups is 2. The van der Waals surface area contributed by atoms with Gasteiger partial charge in [-0.25, -0.2) is 0 Å². The fraction of sp³-hybridized carbons (Fsp3) is 0.182. The maximum Gasteiger partial charge on any atom is 0.258 e. The summed E-state index contributed by atoms with van der Waals surface area (Å²) in [6, 6.07) is 26.7. The van der Waals surface area contributed by atoms with Gasteiger partial charge in [0.1, 0.15) is 11.4 Å². The zero-order valence-electron chi connectivity index (χ0n) is 33.0. The van der Waals surface area contributed by atoms with Crippen molar-refractivity contribution in [2.24, 2.45) is 20.5 Å². The van der Waals surface area contributed by atoms with Crippen LogP contribution in [0.3, 0.4) is 0 Å². The SMILES string of the molecule is CCc1c(NC(=O)C(N=Nc2cccc(C(=O)Nc3ccccc3)c2Cl)C(C)=O)ccc(NC(=O)C(N=Nc2cccc(C(=O)Nc3ccccc3)c2Cl)C(C)=O)c1CC. The van der Waals surface area contributed by atoms with Gasteiger partial charge in [0.2, 0.25) is 12.1 Å². The second-order valence-electron chi connectivity index (χ2n) is 13.2. The van der Waals surface area contributed by atoms with Crippen molar-refractivity contribution in [1.82, 2.24) is 0 Å². The van der Waals surface area contributed by atoms with Crippen LogP contribution in [0, 0.1) is 0 Å². The summed E-state index contributed by atoms with van der Waals surface area (Å²) in [6.45, 7) is 6.10. The van der Waals surface area contributed by atoms with Crippen LogP contribution in [0.2, 0.25) is 10.0 Å². The standard InChI is InChI=1S/C44H40Cl2N8O6/c1-5-29-30(6-2)34(50-44(60)40(26(4)56)54-52-36-22-14-20-32(38(36)46)42(58)48-28-17-11-8-12-18-28)24-23-33(29)49-43(59)39(25(3)55)53-51-35-21-13-19-31(37(35)45)41(57)47-27-15-9-7-10-16-27/h7-24,39-40H,5-6H2,1-4H3,(H,47,57)(H,48,58)(H,49,59)(H,50,60). The average Bonchev–Trinajstić information content (AvgIpc) is 3.22. The largest absolute Gasteiger partial charge is 0.323 e. The van der Waals surface area contributed by atoms with E-state index in [-0.39, 0.29) is 32.5 Å². The molecule has 60 heavy (non-hydrogen) atoms. The van der Waals surface area contributed by atoms with Crippen LogP contribution in [0.4, 0.5) is 34.1 Å². The number of ketones is 2. The topological polar surface area (TPSA) is 200 Å². The number of carbonyl (C=O) groups excluding carboxylic acids is 6. The second kappa shape index (κ2) is 20.7. The Labute approximate surface area is 355 Å². The van der Waals surface area contributed by atoms with Crippen molar-refractivity contribution in [2.75, 3.05) is 21.3 Å². The van der Waals surface area contributed by atoms with Crippen LogP contribution in [-0.4, -0.2) is 47.3 Å². The Kier molecular flexibility index (Phi) is 15.2. The van der Waals surface area contributed by atoms with Gasteiger partial charge < -0.3 is 21.3 Å². The molecule has 5 aromatic rings. The van der Waals surface area contributed by atoms with E-state index in [1.807, 2.05) is 26.0 Å². The Morgan fingerprint density at radius 3 is 1.20 bits per heavy atom. The van der Waals surface area contributed by atoms with Crippen LogP contribution in [-0.2, 0) is 32.0 Å². The first kappa shape index (κ1) is 44.2. The molecule has 0 aliphatic rings. The minimum Gasteiger partial charge on any atom is -0.323 e. The molecule has 0 aliphatic heterocycles. The van der Waals surface area contributed by atoms with E-state index in [9.17, 15) is 28.8 Å². The van der Waals surface area contributed by atoms with E-state index in [4.69, 9.17) is 23.2 Å². The molecule has 2 unspecified atom stereocenters. The maximum atomic E-state index is 13.5. The van der Waals surface area contributed by atoms with Gasteiger partial charge >= 0.3 is 0 Å². The summed E-state index contributed by atoms with van der Waals surface area (Å²) in [6.07, 6.45) is 0.815. The van der Waals surface area contributed by atoms with E-state index in [1.165, 1.54) is 38.1 Å². The fourth-order valence-electron chi connectivity index (χ4n) is 6.00. The summed E-state index contributed by atoms with van der Waals surface area (Å²) in [7, 11) is 0. The monoisotopic (exact) mass is 846 g/mol. The normalized spacial score (nSPS) is 12.1. The third kappa shape index (κ3) is 11.0. The van der Waals surface area contributed by atoms with Gasteiger partial charge in [-0.05, 0) is 98.5 Å². The predicted octanol–water partition coefficient (Wildman–Crippen LogP) is 9.98. The predicted molar refractivity (Wildman–Crippen MR) is 232 cm³/mol. The van der Waals surface area contributed by atoms with Crippen molar-refractivity contribution < 1.29 is 28.8 Å². The minimum atomic E-state index is -1.56. The number of rotatable bonds is 16. The van der Waals surface area contributed by atoms with Gasteiger partial charge in [0.15, 0.2) is 11.6 Å². The molecule has 2 atom stereocenters. The quantitative estimate of drug-likeness (QED) is 0.0562. The number of hydrogen-bond donors (Lipinski definition) is 4. The highest BCUT2D eigenvalue weighted by Crippen LogP contribution is 2.33. The molecule has 0 bridgehead atoms. The summed E-state index contributed by atoms with van der Waals surface area (Å²) < 4.78 is 0. The number of nitrogens with one attached hydrogen (secondary N) is 4. The van der Waals surface area contributed by atoms with Gasteiger partial charge in [-0.3, -0.25) is 28.8 Å². The zero-order valence-corrected chi connectivity index (χ0v) is 34.5. The molecule has 0 aliphatic carbocycles. The van der Waals surface area contributed by atoms with Crippen molar-refractivity contribution in [3.63, 3.8) is 0 Å². The summed E-state index contributed by atoms with van der Waals surface area (Å²) in [5, 5.41) is 27.2. The second-order valence-corrected chi connectivity index (χ2v) is 13.9. The van der Waals surface area contributed by atoms with Gasteiger partial charge in [-0.1, -0.05) is 85.6 Å². The lowest BCUT2D eigenvalue weighted by atomic mass is 9.98. The number of hydrogen-bond acceptors (Lipinski definition) is 10. The number of nitrogens with zero attached hydrogens (tertiary/aromatic N) is 4. The first-order chi connectivity index (χ1) is 28.8. The number of carbonyl (C=O) groups is 6. The van der Waals surface area contributed by atoms with Gasteiger partial charge in [-0.15, -0.1) is 0 Å². The molecule has 0 spiro atoms. The van der Waals surface area contributed by atoms with Crippen LogP contribution in [0.15, 0.2) is 130 Å². The van der Waals surface area contributed by atoms with Gasteiger partial charge in [0.25, 0.3) is 23.6 Å². The lowest BCUT2D eigenvalue weighted by molar-refractivity contribution is -0.127. The Morgan fingerprint density at radius 1 is 0.500 bits per heavy atom. The van der Waals surface area contributed by atoms with E-state index in [0.717, 1.165) is 0 Å². The highest BCUT2D eigenvalue weighted by molar-refractivity contribution is 6.37. The highest BCUT2D eigenvalue weighted by atomic mass is 35.5. The smallest absolute Gasteiger partial charge is 0.258 e. The molecule has 5 aromatic carbocycles. The zero-order chi connectivity index (χ0) is 43.3. The summed E-state index contributed by atoms with van der Waals surface area (Å²) in [4.78, 5) is 78.3. The molecule has 0 aromatic heterocycles. The van der Waals surface area contributed by atoms with Crippen LogP contribution in [0.1, 0.15) is 59.5 Å². The van der Waals surface area contributed by atoms with Gasteiger partial charge in [0, 0.05) is 22.7 Å². The molecule has 14 nitrogen and oxygen atoms in total. The third-order valence-electron chi connectivity index (χ3n) is 8.99. The number of Topliss-reactive ketones (excluding diaryl/α,β-unsaturated/α-hetero) is 2. The van der Waals surface area contributed by atoms with Crippen molar-refractivity contribution in [3.8, 4) is 0 Å². The van der Waals surface area contributed by atoms with Crippen LogP contribution >= 0.6 is 23.2 Å². The molecule has 5 rings (SSSR count). The Morgan fingerprint density at radius 2 is 0.867 bits per heavy atom. The summed E-state index contributed by atoms with van der Waals surface area (Å²) in [5.74, 6) is -3.72. The van der Waals surface area contributed by atoms with Crippen LogP contribution < -0.4 is 21.3 Å². The minimum absolute atomic E-state index is 0.0223. The number of benzene rings is 5. The molecule has 0 radical (unpaired) electrons. The summed E-state index contributed by atoms with van der Waals surface area (Å²) >= 11 is 13.0. The van der Waals surface area contributed by atoms with E-state index >= 15 is 0 Å². The molecule has 0 fully saturated rings. The van der Waals surface area contributed by atoms with Crippen molar-refractivity contribution >= 4 is 92.5 Å². The Hall–Kier alpha value is -6.90. The molecule has 0 saturated heterocycles. The van der Waals surface area contributed by atoms with E-state index in [2.05, 4.69) is 41.7 Å². The first-order valence-electron chi connectivity index (χ1n) is 18.7. The molecule has 4 amide bonds. The first-order valence-corrected chi connectivity index (χ1v) is 19.5. The molecule has 0 heterocycles. The van der Waals surface area contributed by atoms with E-state index < -0.39 is 47.3 Å². The van der Waals surface area contributed by atoms with E-state index in [1.54, 1.807) is 72.8 Å².